The van der Waals surface area contributed by atoms with Gasteiger partial charge in [0.15, 0.2) is 0 Å². The van der Waals surface area contributed by atoms with Crippen LogP contribution in [0.3, 0.4) is 0 Å². The van der Waals surface area contributed by atoms with E-state index in [2.05, 4.69) is 6.58 Å². The van der Waals surface area contributed by atoms with E-state index >= 15 is 0 Å². The third-order valence-corrected chi connectivity index (χ3v) is 3.52. The monoisotopic (exact) mass is 225 g/mol. The first kappa shape index (κ1) is 12.7. The van der Waals surface area contributed by atoms with Crippen LogP contribution in [0.5, 0.6) is 0 Å². The van der Waals surface area contributed by atoms with Crippen LogP contribution in [0.4, 0.5) is 0 Å². The molecule has 1 rings (SSSR count). The number of carbonyl (C=O) groups excluding carboxylic acids is 1. The van der Waals surface area contributed by atoms with Crippen molar-refractivity contribution in [3.05, 3.63) is 12.7 Å². The SMILES string of the molecule is C=CCC(=O)N1CCC(CC)(C(=O)O)CC1. The molecule has 1 amide bonds. The molecule has 1 saturated heterocycles. The number of amides is 1. The number of aliphatic carboxylic acids is 1. The first-order chi connectivity index (χ1) is 7.55. The van der Waals surface area contributed by atoms with Crippen molar-refractivity contribution in [2.75, 3.05) is 13.1 Å². The van der Waals surface area contributed by atoms with Gasteiger partial charge < -0.3 is 10.0 Å². The summed E-state index contributed by atoms with van der Waals surface area (Å²) in [6.07, 6.45) is 3.67. The van der Waals surface area contributed by atoms with Crippen LogP contribution in [0, 0.1) is 5.41 Å². The molecule has 0 aliphatic carbocycles. The van der Waals surface area contributed by atoms with E-state index in [4.69, 9.17) is 0 Å². The second kappa shape index (κ2) is 5.14. The fourth-order valence-electron chi connectivity index (χ4n) is 2.16. The number of piperidine rings is 1. The summed E-state index contributed by atoms with van der Waals surface area (Å²) in [5, 5.41) is 9.20. The Hall–Kier alpha value is -1.32. The van der Waals surface area contributed by atoms with Gasteiger partial charge in [-0.05, 0) is 19.3 Å². The van der Waals surface area contributed by atoms with Gasteiger partial charge in [0, 0.05) is 19.5 Å². The van der Waals surface area contributed by atoms with Gasteiger partial charge in [0.05, 0.1) is 5.41 Å². The van der Waals surface area contributed by atoms with Crippen molar-refractivity contribution in [3.8, 4) is 0 Å². The molecule has 0 aromatic carbocycles. The first-order valence-electron chi connectivity index (χ1n) is 5.68. The Labute approximate surface area is 95.9 Å². The van der Waals surface area contributed by atoms with Crippen LogP contribution in [0.25, 0.3) is 0 Å². The minimum Gasteiger partial charge on any atom is -0.481 e. The molecule has 1 aliphatic rings. The molecule has 1 N–H and O–H groups in total. The Morgan fingerprint density at radius 1 is 1.44 bits per heavy atom. The van der Waals surface area contributed by atoms with Crippen molar-refractivity contribution in [1.29, 1.82) is 0 Å². The Balaban J connectivity index is 2.59. The highest BCUT2D eigenvalue weighted by molar-refractivity contribution is 5.79. The largest absolute Gasteiger partial charge is 0.481 e. The molecule has 16 heavy (non-hydrogen) atoms. The van der Waals surface area contributed by atoms with Crippen LogP contribution in [0.1, 0.15) is 32.6 Å². The van der Waals surface area contributed by atoms with Crippen LogP contribution in [0.15, 0.2) is 12.7 Å². The second-order valence-electron chi connectivity index (χ2n) is 4.31. The average molecular weight is 225 g/mol. The van der Waals surface area contributed by atoms with Crippen LogP contribution in [-0.4, -0.2) is 35.0 Å². The number of hydrogen-bond acceptors (Lipinski definition) is 2. The zero-order valence-electron chi connectivity index (χ0n) is 9.74. The lowest BCUT2D eigenvalue weighted by molar-refractivity contribution is -0.154. The average Bonchev–Trinajstić information content (AvgIpc) is 2.29. The summed E-state index contributed by atoms with van der Waals surface area (Å²) in [5.74, 6) is -0.684. The van der Waals surface area contributed by atoms with E-state index in [1.165, 1.54) is 0 Å². The minimum atomic E-state index is -0.731. The van der Waals surface area contributed by atoms with Gasteiger partial charge in [-0.15, -0.1) is 6.58 Å². The number of carboxylic acids is 1. The highest BCUT2D eigenvalue weighted by atomic mass is 16.4. The van der Waals surface area contributed by atoms with E-state index in [1.54, 1.807) is 11.0 Å². The van der Waals surface area contributed by atoms with Crippen molar-refractivity contribution < 1.29 is 14.7 Å². The van der Waals surface area contributed by atoms with Gasteiger partial charge in [0.1, 0.15) is 0 Å². The van der Waals surface area contributed by atoms with Gasteiger partial charge in [-0.1, -0.05) is 13.0 Å². The second-order valence-corrected chi connectivity index (χ2v) is 4.31. The summed E-state index contributed by atoms with van der Waals surface area (Å²) in [5.41, 5.74) is -0.620. The number of hydrogen-bond donors (Lipinski definition) is 1. The molecule has 90 valence electrons. The molecule has 0 unspecified atom stereocenters. The van der Waals surface area contributed by atoms with E-state index < -0.39 is 11.4 Å². The van der Waals surface area contributed by atoms with Crippen molar-refractivity contribution in [3.63, 3.8) is 0 Å². The number of likely N-dealkylation sites (tertiary alicyclic amines) is 1. The summed E-state index contributed by atoms with van der Waals surface area (Å²) < 4.78 is 0. The van der Waals surface area contributed by atoms with E-state index in [1.807, 2.05) is 6.92 Å². The Morgan fingerprint density at radius 3 is 2.38 bits per heavy atom. The van der Waals surface area contributed by atoms with Crippen molar-refractivity contribution in [1.82, 2.24) is 4.90 Å². The Morgan fingerprint density at radius 2 is 2.00 bits per heavy atom. The fraction of sp³-hybridized carbons (Fsp3) is 0.667. The lowest BCUT2D eigenvalue weighted by Crippen LogP contribution is -2.46. The maximum absolute atomic E-state index is 11.6. The molecule has 0 saturated carbocycles. The predicted octanol–water partition coefficient (Wildman–Crippen LogP) is 1.67. The molecule has 0 radical (unpaired) electrons. The Bertz CT molecular complexity index is 291. The minimum absolute atomic E-state index is 0.0464. The smallest absolute Gasteiger partial charge is 0.309 e. The number of carbonyl (C=O) groups is 2. The van der Waals surface area contributed by atoms with Crippen LogP contribution < -0.4 is 0 Å². The summed E-state index contributed by atoms with van der Waals surface area (Å²) >= 11 is 0. The quantitative estimate of drug-likeness (QED) is 0.740. The van der Waals surface area contributed by atoms with Gasteiger partial charge in [0.2, 0.25) is 5.91 Å². The molecule has 1 fully saturated rings. The van der Waals surface area contributed by atoms with E-state index in [9.17, 15) is 14.7 Å². The van der Waals surface area contributed by atoms with Crippen LogP contribution >= 0.6 is 0 Å². The molecule has 4 nitrogen and oxygen atoms in total. The van der Waals surface area contributed by atoms with Gasteiger partial charge in [-0.25, -0.2) is 0 Å². The van der Waals surface area contributed by atoms with Crippen molar-refractivity contribution in [2.24, 2.45) is 5.41 Å². The normalized spacial score (nSPS) is 19.2. The maximum atomic E-state index is 11.6. The predicted molar refractivity (Wildman–Crippen MR) is 61.0 cm³/mol. The highest BCUT2D eigenvalue weighted by Gasteiger charge is 2.40. The zero-order valence-corrected chi connectivity index (χ0v) is 9.74. The summed E-state index contributed by atoms with van der Waals surface area (Å²) in [6, 6.07) is 0. The molecule has 0 spiro atoms. The molecule has 1 aliphatic heterocycles. The number of rotatable bonds is 4. The van der Waals surface area contributed by atoms with E-state index in [-0.39, 0.29) is 5.91 Å². The van der Waals surface area contributed by atoms with Gasteiger partial charge in [-0.3, -0.25) is 9.59 Å². The third kappa shape index (κ3) is 2.43. The van der Waals surface area contributed by atoms with Gasteiger partial charge >= 0.3 is 5.97 Å². The lowest BCUT2D eigenvalue weighted by atomic mass is 9.76. The molecule has 0 bridgehead atoms. The molecule has 0 aromatic rings. The summed E-state index contributed by atoms with van der Waals surface area (Å²) in [6.45, 7) is 6.52. The van der Waals surface area contributed by atoms with Crippen LogP contribution in [-0.2, 0) is 9.59 Å². The topological polar surface area (TPSA) is 57.6 Å². The van der Waals surface area contributed by atoms with Gasteiger partial charge in [0.25, 0.3) is 0 Å². The molecule has 1 heterocycles. The summed E-state index contributed by atoms with van der Waals surface area (Å²) in [7, 11) is 0. The molecule has 4 heteroatoms. The van der Waals surface area contributed by atoms with E-state index in [0.29, 0.717) is 38.8 Å². The lowest BCUT2D eigenvalue weighted by Gasteiger charge is -2.38. The molecular weight excluding hydrogens is 206 g/mol. The third-order valence-electron chi connectivity index (χ3n) is 3.52. The Kier molecular flexibility index (Phi) is 4.10. The van der Waals surface area contributed by atoms with E-state index in [0.717, 1.165) is 0 Å². The number of carboxylic acid groups (broad SMARTS) is 1. The molecule has 0 aromatic heterocycles. The van der Waals surface area contributed by atoms with Gasteiger partial charge in [-0.2, -0.15) is 0 Å². The van der Waals surface area contributed by atoms with Crippen LogP contribution in [0.2, 0.25) is 0 Å². The van der Waals surface area contributed by atoms with Crippen molar-refractivity contribution >= 4 is 11.9 Å². The maximum Gasteiger partial charge on any atom is 0.309 e. The zero-order chi connectivity index (χ0) is 12.2. The first-order valence-corrected chi connectivity index (χ1v) is 5.68. The molecular formula is C12H19NO3. The molecule has 0 atom stereocenters. The fourth-order valence-corrected chi connectivity index (χ4v) is 2.16. The standard InChI is InChI=1S/C12H19NO3/c1-3-5-10(14)13-8-6-12(4-2,7-9-13)11(15)16/h3H,1,4-9H2,2H3,(H,15,16). The highest BCUT2D eigenvalue weighted by Crippen LogP contribution is 2.35. The number of nitrogens with zero attached hydrogens (tertiary/aromatic N) is 1. The van der Waals surface area contributed by atoms with Crippen molar-refractivity contribution in [2.45, 2.75) is 32.6 Å². The summed E-state index contributed by atoms with van der Waals surface area (Å²) in [4.78, 5) is 24.5.